The number of fused-ring (bicyclic) bond motifs is 2. The van der Waals surface area contributed by atoms with Crippen molar-refractivity contribution in [2.45, 2.75) is 42.9 Å². The fourth-order valence-electron chi connectivity index (χ4n) is 7.06. The molecular formula is C33H36ClN3O5S. The van der Waals surface area contributed by atoms with Crippen LogP contribution in [0.3, 0.4) is 0 Å². The van der Waals surface area contributed by atoms with E-state index in [1.54, 1.807) is 26.8 Å². The summed E-state index contributed by atoms with van der Waals surface area (Å²) in [7, 11) is 0. The molecule has 0 saturated carbocycles. The zero-order chi connectivity index (χ0) is 30.5. The topological polar surface area (TPSA) is 90.4 Å². The monoisotopic (exact) mass is 621 g/mol. The van der Waals surface area contributed by atoms with Crippen LogP contribution >= 0.6 is 23.4 Å². The van der Waals surface area contributed by atoms with Gasteiger partial charge in [-0.05, 0) is 49.2 Å². The third kappa shape index (κ3) is 4.76. The summed E-state index contributed by atoms with van der Waals surface area (Å²) < 4.78 is 4.59. The summed E-state index contributed by atoms with van der Waals surface area (Å²) in [5.41, 5.74) is 1.28. The SMILES string of the molecule is CCOc1ccc(N2CC=C[C@H]3S[C@]45C=CCN(c6ccccc6Cl)C(=O)C4N([C@@H](CO)C(C)C)C(=O)[C@@H]5[C@H]3C2=O)cc1. The molecule has 0 radical (unpaired) electrons. The first-order valence-corrected chi connectivity index (χ1v) is 16.0. The van der Waals surface area contributed by atoms with Gasteiger partial charge in [-0.2, -0.15) is 0 Å². The van der Waals surface area contributed by atoms with Gasteiger partial charge in [0.05, 0.1) is 46.5 Å². The van der Waals surface area contributed by atoms with Crippen LogP contribution in [0.25, 0.3) is 0 Å². The lowest BCUT2D eigenvalue weighted by Gasteiger charge is -2.39. The highest BCUT2D eigenvalue weighted by Crippen LogP contribution is 2.62. The number of aliphatic hydroxyl groups excluding tert-OH is 1. The van der Waals surface area contributed by atoms with E-state index in [4.69, 9.17) is 16.3 Å². The van der Waals surface area contributed by atoms with Gasteiger partial charge in [0.2, 0.25) is 11.8 Å². The number of rotatable bonds is 7. The molecule has 0 aromatic heterocycles. The van der Waals surface area contributed by atoms with Crippen molar-refractivity contribution in [3.8, 4) is 5.75 Å². The Morgan fingerprint density at radius 2 is 1.72 bits per heavy atom. The average molecular weight is 622 g/mol. The van der Waals surface area contributed by atoms with E-state index in [-0.39, 0.29) is 42.0 Å². The van der Waals surface area contributed by atoms with Crippen molar-refractivity contribution < 1.29 is 24.2 Å². The van der Waals surface area contributed by atoms with Crippen LogP contribution in [0.15, 0.2) is 72.8 Å². The summed E-state index contributed by atoms with van der Waals surface area (Å²) in [4.78, 5) is 48.7. The number of ether oxygens (including phenoxy) is 1. The van der Waals surface area contributed by atoms with Gasteiger partial charge in [-0.1, -0.05) is 61.9 Å². The molecule has 2 saturated heterocycles. The van der Waals surface area contributed by atoms with Crippen LogP contribution < -0.4 is 14.5 Å². The maximum atomic E-state index is 14.7. The fourth-order valence-corrected chi connectivity index (χ4v) is 9.29. The predicted octanol–water partition coefficient (Wildman–Crippen LogP) is 4.56. The standard InChI is InChI=1S/C33H36ClN3O5S/c1-4-42-22-14-12-21(13-15-22)35-17-7-11-26-27(30(35)39)28-31(40)37(25(19-38)20(2)3)29-32(41)36(18-8-16-33(28,29)43-26)24-10-6-5-9-23(24)34/h5-16,20,25-29,38H,4,17-19H2,1-3H3/t25-,26+,27-,28-,29?,33-/m0/s1. The highest BCUT2D eigenvalue weighted by Gasteiger charge is 2.72. The van der Waals surface area contributed by atoms with Gasteiger partial charge < -0.3 is 24.5 Å². The largest absolute Gasteiger partial charge is 0.494 e. The highest BCUT2D eigenvalue weighted by atomic mass is 35.5. The minimum absolute atomic E-state index is 0.121. The molecule has 6 rings (SSSR count). The average Bonchev–Trinajstić information content (AvgIpc) is 3.30. The van der Waals surface area contributed by atoms with Crippen LogP contribution in [0.5, 0.6) is 5.75 Å². The summed E-state index contributed by atoms with van der Waals surface area (Å²) >= 11 is 8.08. The van der Waals surface area contributed by atoms with Gasteiger partial charge in [-0.25, -0.2) is 0 Å². The molecule has 4 aliphatic rings. The molecule has 2 aromatic carbocycles. The molecule has 0 aliphatic carbocycles. The zero-order valence-electron chi connectivity index (χ0n) is 24.4. The van der Waals surface area contributed by atoms with Crippen LogP contribution in [-0.4, -0.2) is 76.1 Å². The number of benzene rings is 2. The van der Waals surface area contributed by atoms with Crippen molar-refractivity contribution in [3.63, 3.8) is 0 Å². The number of anilines is 2. The normalized spacial score (nSPS) is 29.0. The molecule has 1 unspecified atom stereocenters. The Labute approximate surface area is 261 Å². The van der Waals surface area contributed by atoms with Crippen molar-refractivity contribution >= 4 is 52.5 Å². The number of para-hydroxylation sites is 1. The van der Waals surface area contributed by atoms with Gasteiger partial charge >= 0.3 is 0 Å². The lowest BCUT2D eigenvalue weighted by Crippen LogP contribution is -2.57. The van der Waals surface area contributed by atoms with Crippen LogP contribution in [0, 0.1) is 17.8 Å². The van der Waals surface area contributed by atoms with Gasteiger partial charge in [0.25, 0.3) is 5.91 Å². The number of hydrogen-bond donors (Lipinski definition) is 1. The zero-order valence-corrected chi connectivity index (χ0v) is 26.0. The Balaban J connectivity index is 1.45. The first kappa shape index (κ1) is 29.8. The number of hydrogen-bond acceptors (Lipinski definition) is 6. The first-order valence-electron chi connectivity index (χ1n) is 14.8. The van der Waals surface area contributed by atoms with E-state index < -0.39 is 28.7 Å². The molecule has 1 spiro atoms. The number of thioether (sulfide) groups is 1. The van der Waals surface area contributed by atoms with E-state index in [0.717, 1.165) is 11.4 Å². The van der Waals surface area contributed by atoms with Gasteiger partial charge in [0.1, 0.15) is 11.8 Å². The van der Waals surface area contributed by atoms with Crippen LogP contribution in [0.2, 0.25) is 5.02 Å². The van der Waals surface area contributed by atoms with Crippen molar-refractivity contribution in [2.75, 3.05) is 36.1 Å². The maximum absolute atomic E-state index is 14.7. The number of carbonyl (C=O) groups is 3. The fraction of sp³-hybridized carbons (Fsp3) is 0.424. The van der Waals surface area contributed by atoms with Crippen molar-refractivity contribution in [1.82, 2.24) is 4.90 Å². The minimum atomic E-state index is -0.996. The van der Waals surface area contributed by atoms with E-state index >= 15 is 0 Å². The Kier molecular flexibility index (Phi) is 8.08. The third-order valence-electron chi connectivity index (χ3n) is 9.01. The van der Waals surface area contributed by atoms with E-state index in [1.165, 1.54) is 11.8 Å². The summed E-state index contributed by atoms with van der Waals surface area (Å²) in [6.07, 6.45) is 7.89. The number of aliphatic hydroxyl groups is 1. The second-order valence-electron chi connectivity index (χ2n) is 11.7. The van der Waals surface area contributed by atoms with Crippen LogP contribution in [0.4, 0.5) is 11.4 Å². The van der Waals surface area contributed by atoms with Gasteiger partial charge in [-0.3, -0.25) is 14.4 Å². The second-order valence-corrected chi connectivity index (χ2v) is 13.6. The molecule has 4 aliphatic heterocycles. The minimum Gasteiger partial charge on any atom is -0.494 e. The van der Waals surface area contributed by atoms with Gasteiger partial charge in [-0.15, -0.1) is 11.8 Å². The van der Waals surface area contributed by atoms with Crippen molar-refractivity contribution in [3.05, 3.63) is 77.9 Å². The Morgan fingerprint density at radius 3 is 2.40 bits per heavy atom. The number of amides is 3. The molecule has 226 valence electrons. The van der Waals surface area contributed by atoms with E-state index in [0.29, 0.717) is 23.9 Å². The number of halogens is 1. The van der Waals surface area contributed by atoms with Crippen LogP contribution in [-0.2, 0) is 14.4 Å². The molecule has 1 N–H and O–H groups in total. The lowest BCUT2D eigenvalue weighted by atomic mass is 9.78. The Morgan fingerprint density at radius 1 is 1.00 bits per heavy atom. The molecule has 10 heteroatoms. The highest BCUT2D eigenvalue weighted by molar-refractivity contribution is 8.02. The summed E-state index contributed by atoms with van der Waals surface area (Å²) in [5, 5.41) is 10.7. The van der Waals surface area contributed by atoms with Crippen LogP contribution in [0.1, 0.15) is 20.8 Å². The third-order valence-corrected chi connectivity index (χ3v) is 11.1. The van der Waals surface area contributed by atoms with E-state index in [9.17, 15) is 19.5 Å². The quantitative estimate of drug-likeness (QED) is 0.456. The molecule has 3 amide bonds. The smallest absolute Gasteiger partial charge is 0.251 e. The predicted molar refractivity (Wildman–Crippen MR) is 169 cm³/mol. The molecule has 2 aromatic rings. The summed E-state index contributed by atoms with van der Waals surface area (Å²) in [5.74, 6) is -1.57. The van der Waals surface area contributed by atoms with E-state index in [1.807, 2.05) is 81.5 Å². The number of likely N-dealkylation sites (tertiary alicyclic amines) is 1. The molecule has 0 bridgehead atoms. The second kappa shape index (κ2) is 11.7. The molecule has 4 heterocycles. The maximum Gasteiger partial charge on any atom is 0.251 e. The number of nitrogens with zero attached hydrogens (tertiary/aromatic N) is 3. The number of carbonyl (C=O) groups excluding carboxylic acids is 3. The summed E-state index contributed by atoms with van der Waals surface area (Å²) in [6, 6.07) is 13.0. The molecular weight excluding hydrogens is 586 g/mol. The lowest BCUT2D eigenvalue weighted by molar-refractivity contribution is -0.142. The van der Waals surface area contributed by atoms with Gasteiger partial charge in [0, 0.05) is 24.0 Å². The van der Waals surface area contributed by atoms with Crippen molar-refractivity contribution in [1.29, 1.82) is 0 Å². The Bertz CT molecular complexity index is 1480. The van der Waals surface area contributed by atoms with Gasteiger partial charge in [0.15, 0.2) is 0 Å². The molecule has 43 heavy (non-hydrogen) atoms. The van der Waals surface area contributed by atoms with Crippen molar-refractivity contribution in [2.24, 2.45) is 17.8 Å². The molecule has 8 nitrogen and oxygen atoms in total. The molecule has 6 atom stereocenters. The summed E-state index contributed by atoms with van der Waals surface area (Å²) in [6.45, 7) is 6.68. The first-order chi connectivity index (χ1) is 20.7. The Hall–Kier alpha value is -3.27. The molecule has 2 fully saturated rings. The van der Waals surface area contributed by atoms with E-state index in [2.05, 4.69) is 0 Å².